The largest absolute Gasteiger partial charge is 0.455 e. The molecule has 25 heavy (non-hydrogen) atoms. The smallest absolute Gasteiger partial charge is 0.330 e. The molecule has 1 saturated heterocycles. The molecule has 0 N–H and O–H groups in total. The van der Waals surface area contributed by atoms with Gasteiger partial charge >= 0.3 is 5.97 Å². The van der Waals surface area contributed by atoms with Gasteiger partial charge in [0.05, 0.1) is 12.2 Å². The van der Waals surface area contributed by atoms with Crippen molar-refractivity contribution in [3.8, 4) is 0 Å². The minimum absolute atomic E-state index is 0.104. The summed E-state index contributed by atoms with van der Waals surface area (Å²) in [6.07, 6.45) is 6.70. The van der Waals surface area contributed by atoms with E-state index in [9.17, 15) is 4.79 Å². The Kier molecular flexibility index (Phi) is 9.06. The number of esters is 1. The molecule has 0 aliphatic carbocycles. The number of ether oxygens (including phenoxy) is 5. The van der Waals surface area contributed by atoms with Crippen molar-refractivity contribution in [2.24, 2.45) is 0 Å². The molecule has 1 aliphatic rings. The normalized spacial score (nSPS) is 24.8. The summed E-state index contributed by atoms with van der Waals surface area (Å²) in [6.45, 7) is 12.9. The Morgan fingerprint density at radius 2 is 2.00 bits per heavy atom. The molecule has 1 fully saturated rings. The Hall–Kier alpha value is -1.47. The third-order valence-corrected chi connectivity index (χ3v) is 3.67. The minimum atomic E-state index is -0.645. The van der Waals surface area contributed by atoms with Crippen LogP contribution in [0.1, 0.15) is 33.6 Å². The van der Waals surface area contributed by atoms with E-state index in [0.717, 1.165) is 6.08 Å². The summed E-state index contributed by atoms with van der Waals surface area (Å²) < 4.78 is 27.8. The average molecular weight is 354 g/mol. The van der Waals surface area contributed by atoms with Crippen LogP contribution in [-0.4, -0.2) is 50.1 Å². The molecule has 6 heteroatoms. The zero-order valence-corrected chi connectivity index (χ0v) is 15.6. The molecule has 0 aromatic rings. The zero-order valence-electron chi connectivity index (χ0n) is 15.6. The molecule has 1 aliphatic heterocycles. The van der Waals surface area contributed by atoms with Gasteiger partial charge in [0.1, 0.15) is 19.0 Å². The van der Waals surface area contributed by atoms with Crippen molar-refractivity contribution >= 4 is 5.97 Å². The van der Waals surface area contributed by atoms with E-state index in [1.807, 2.05) is 32.9 Å². The fraction of sp³-hybridized carbons (Fsp3) is 0.632. The van der Waals surface area contributed by atoms with Crippen LogP contribution in [0.5, 0.6) is 0 Å². The topological polar surface area (TPSA) is 63.2 Å². The van der Waals surface area contributed by atoms with E-state index in [4.69, 9.17) is 23.7 Å². The van der Waals surface area contributed by atoms with Crippen LogP contribution in [0.15, 0.2) is 37.5 Å². The number of rotatable bonds is 11. The number of carbonyl (C=O) groups excluding carboxylic acids is 1. The highest BCUT2D eigenvalue weighted by Crippen LogP contribution is 2.31. The molecule has 0 aromatic carbocycles. The summed E-state index contributed by atoms with van der Waals surface area (Å²) in [4.78, 5) is 11.4. The van der Waals surface area contributed by atoms with Crippen molar-refractivity contribution in [1.29, 1.82) is 0 Å². The fourth-order valence-corrected chi connectivity index (χ4v) is 2.69. The van der Waals surface area contributed by atoms with Gasteiger partial charge < -0.3 is 23.7 Å². The SMILES string of the molecule is C=CC[C@H](/C=C/C[C@@H](OCOC)[C@@H]1OC(C)(C)O[C@@H]1C)OC(=O)C=C. The van der Waals surface area contributed by atoms with Gasteiger partial charge in [-0.1, -0.05) is 18.7 Å². The average Bonchev–Trinajstić information content (AvgIpc) is 2.83. The molecule has 0 unspecified atom stereocenters. The van der Waals surface area contributed by atoms with E-state index < -0.39 is 11.8 Å². The number of methoxy groups -OCH3 is 1. The maximum Gasteiger partial charge on any atom is 0.330 e. The maximum atomic E-state index is 11.4. The van der Waals surface area contributed by atoms with Crippen LogP contribution in [0.25, 0.3) is 0 Å². The zero-order chi connectivity index (χ0) is 18.9. The van der Waals surface area contributed by atoms with E-state index in [1.165, 1.54) is 0 Å². The lowest BCUT2D eigenvalue weighted by molar-refractivity contribution is -0.169. The van der Waals surface area contributed by atoms with Gasteiger partial charge in [-0.3, -0.25) is 0 Å². The highest BCUT2D eigenvalue weighted by atomic mass is 16.8. The fourth-order valence-electron chi connectivity index (χ4n) is 2.69. The lowest BCUT2D eigenvalue weighted by Crippen LogP contribution is -2.36. The van der Waals surface area contributed by atoms with Crippen LogP contribution in [0.2, 0.25) is 0 Å². The Morgan fingerprint density at radius 1 is 1.28 bits per heavy atom. The molecule has 0 amide bonds. The third kappa shape index (κ3) is 7.52. The van der Waals surface area contributed by atoms with Crippen molar-refractivity contribution in [3.05, 3.63) is 37.5 Å². The molecule has 0 saturated carbocycles. The molecule has 0 bridgehead atoms. The van der Waals surface area contributed by atoms with Crippen molar-refractivity contribution in [2.45, 2.75) is 63.8 Å². The first-order valence-electron chi connectivity index (χ1n) is 8.39. The van der Waals surface area contributed by atoms with Gasteiger partial charge in [-0.05, 0) is 33.3 Å². The predicted octanol–water partition coefficient (Wildman–Crippen LogP) is 3.14. The van der Waals surface area contributed by atoms with E-state index in [0.29, 0.717) is 12.8 Å². The lowest BCUT2D eigenvalue weighted by Gasteiger charge is -2.25. The van der Waals surface area contributed by atoms with Crippen molar-refractivity contribution in [1.82, 2.24) is 0 Å². The first-order valence-corrected chi connectivity index (χ1v) is 8.39. The second-order valence-corrected chi connectivity index (χ2v) is 6.28. The first kappa shape index (κ1) is 21.6. The monoisotopic (exact) mass is 354 g/mol. The molecule has 0 radical (unpaired) electrons. The minimum Gasteiger partial charge on any atom is -0.455 e. The van der Waals surface area contributed by atoms with Gasteiger partial charge in [0.25, 0.3) is 0 Å². The Morgan fingerprint density at radius 3 is 2.52 bits per heavy atom. The third-order valence-electron chi connectivity index (χ3n) is 3.67. The summed E-state index contributed by atoms with van der Waals surface area (Å²) in [5, 5.41) is 0. The molecule has 6 nitrogen and oxygen atoms in total. The number of hydrogen-bond acceptors (Lipinski definition) is 6. The van der Waals surface area contributed by atoms with Crippen molar-refractivity contribution < 1.29 is 28.5 Å². The van der Waals surface area contributed by atoms with Gasteiger partial charge in [0, 0.05) is 19.6 Å². The van der Waals surface area contributed by atoms with Crippen LogP contribution in [0.4, 0.5) is 0 Å². The van der Waals surface area contributed by atoms with E-state index >= 15 is 0 Å². The van der Waals surface area contributed by atoms with Crippen LogP contribution < -0.4 is 0 Å². The molecule has 142 valence electrons. The second kappa shape index (κ2) is 10.5. The van der Waals surface area contributed by atoms with Gasteiger partial charge in [0.15, 0.2) is 5.79 Å². The lowest BCUT2D eigenvalue weighted by atomic mass is 10.1. The van der Waals surface area contributed by atoms with Crippen LogP contribution >= 0.6 is 0 Å². The van der Waals surface area contributed by atoms with E-state index in [2.05, 4.69) is 13.2 Å². The maximum absolute atomic E-state index is 11.4. The Labute approximate surface area is 150 Å². The van der Waals surface area contributed by atoms with Crippen LogP contribution in [-0.2, 0) is 28.5 Å². The van der Waals surface area contributed by atoms with Gasteiger partial charge in [-0.15, -0.1) is 6.58 Å². The highest BCUT2D eigenvalue weighted by molar-refractivity contribution is 5.81. The molecule has 1 heterocycles. The number of hydrogen-bond donors (Lipinski definition) is 0. The van der Waals surface area contributed by atoms with Gasteiger partial charge in [0.2, 0.25) is 0 Å². The summed E-state index contributed by atoms with van der Waals surface area (Å²) in [5.41, 5.74) is 0. The first-order chi connectivity index (χ1) is 11.8. The molecule has 0 spiro atoms. The molecule has 0 aromatic heterocycles. The molecular weight excluding hydrogens is 324 g/mol. The summed E-state index contributed by atoms with van der Waals surface area (Å²) in [6, 6.07) is 0. The Balaban J connectivity index is 2.71. The standard InChI is InChI=1S/C19H30O6/c1-7-10-15(23-17(20)8-2)11-9-12-16(22-13-21-6)18-14(3)24-19(4,5)25-18/h7-9,11,14-16,18H,1-2,10,12-13H2,3-6H3/b11-9+/t14-,15-,16-,18-/m1/s1. The van der Waals surface area contributed by atoms with Crippen molar-refractivity contribution in [3.63, 3.8) is 0 Å². The second-order valence-electron chi connectivity index (χ2n) is 6.28. The number of carbonyl (C=O) groups is 1. The van der Waals surface area contributed by atoms with Crippen LogP contribution in [0, 0.1) is 0 Å². The summed E-state index contributed by atoms with van der Waals surface area (Å²) >= 11 is 0. The summed E-state index contributed by atoms with van der Waals surface area (Å²) in [5.74, 6) is -1.11. The molecule has 1 rings (SSSR count). The Bertz CT molecular complexity index is 471. The molecular formula is C19H30O6. The summed E-state index contributed by atoms with van der Waals surface area (Å²) in [7, 11) is 1.57. The van der Waals surface area contributed by atoms with Gasteiger partial charge in [-0.25, -0.2) is 4.79 Å². The quantitative estimate of drug-likeness (QED) is 0.246. The van der Waals surface area contributed by atoms with E-state index in [1.54, 1.807) is 13.2 Å². The highest BCUT2D eigenvalue weighted by Gasteiger charge is 2.43. The van der Waals surface area contributed by atoms with Crippen molar-refractivity contribution in [2.75, 3.05) is 13.9 Å². The van der Waals surface area contributed by atoms with Gasteiger partial charge in [-0.2, -0.15) is 0 Å². The predicted molar refractivity (Wildman–Crippen MR) is 94.9 cm³/mol. The van der Waals surface area contributed by atoms with Crippen LogP contribution in [0.3, 0.4) is 0 Å². The molecule has 4 atom stereocenters. The van der Waals surface area contributed by atoms with E-state index in [-0.39, 0.29) is 31.2 Å².